The summed E-state index contributed by atoms with van der Waals surface area (Å²) in [6.45, 7) is 0.170. The van der Waals surface area contributed by atoms with Crippen LogP contribution < -0.4 is 10.6 Å². The SMILES string of the molecule is O=C(CCNc1ccc(Cl)c(C(F)(F)F)c1)Nc1cccc2cccnc12. The molecule has 0 radical (unpaired) electrons. The quantitative estimate of drug-likeness (QED) is 0.614. The molecule has 140 valence electrons. The number of nitrogens with zero attached hydrogens (tertiary/aromatic N) is 1. The highest BCUT2D eigenvalue weighted by atomic mass is 35.5. The van der Waals surface area contributed by atoms with Gasteiger partial charge in [0.05, 0.1) is 21.8 Å². The van der Waals surface area contributed by atoms with Crippen molar-refractivity contribution in [1.29, 1.82) is 0 Å². The summed E-state index contributed by atoms with van der Waals surface area (Å²) >= 11 is 5.59. The molecule has 0 bridgehead atoms. The minimum absolute atomic E-state index is 0.0766. The van der Waals surface area contributed by atoms with E-state index in [0.29, 0.717) is 11.2 Å². The molecule has 0 fully saturated rings. The molecular formula is C19H15ClF3N3O. The van der Waals surface area contributed by atoms with Gasteiger partial charge in [-0.1, -0.05) is 29.8 Å². The van der Waals surface area contributed by atoms with E-state index in [1.807, 2.05) is 18.2 Å². The predicted molar refractivity (Wildman–Crippen MR) is 99.9 cm³/mol. The number of pyridine rings is 1. The first-order valence-corrected chi connectivity index (χ1v) is 8.46. The maximum absolute atomic E-state index is 12.9. The molecule has 0 atom stereocenters. The summed E-state index contributed by atoms with van der Waals surface area (Å²) in [5, 5.41) is 6.11. The van der Waals surface area contributed by atoms with E-state index >= 15 is 0 Å². The molecule has 8 heteroatoms. The first kappa shape index (κ1) is 19.0. The van der Waals surface area contributed by atoms with Crippen LogP contribution in [0.2, 0.25) is 5.02 Å². The second-order valence-electron chi connectivity index (χ2n) is 5.80. The van der Waals surface area contributed by atoms with Crippen molar-refractivity contribution in [3.8, 4) is 0 Å². The lowest BCUT2D eigenvalue weighted by Gasteiger charge is -2.12. The normalized spacial score (nSPS) is 11.4. The average Bonchev–Trinajstić information content (AvgIpc) is 2.62. The molecule has 1 heterocycles. The zero-order valence-corrected chi connectivity index (χ0v) is 14.7. The molecule has 0 aliphatic carbocycles. The van der Waals surface area contributed by atoms with Crippen LogP contribution >= 0.6 is 11.6 Å². The lowest BCUT2D eigenvalue weighted by Crippen LogP contribution is -2.17. The number of halogens is 4. The summed E-state index contributed by atoms with van der Waals surface area (Å²) in [5.74, 6) is -0.273. The van der Waals surface area contributed by atoms with Crippen molar-refractivity contribution in [1.82, 2.24) is 4.98 Å². The third kappa shape index (κ3) is 4.68. The number of nitrogens with one attached hydrogen (secondary N) is 2. The van der Waals surface area contributed by atoms with Crippen molar-refractivity contribution in [2.45, 2.75) is 12.6 Å². The molecule has 3 aromatic rings. The van der Waals surface area contributed by atoms with E-state index in [9.17, 15) is 18.0 Å². The van der Waals surface area contributed by atoms with Crippen molar-refractivity contribution in [2.24, 2.45) is 0 Å². The van der Waals surface area contributed by atoms with Crippen molar-refractivity contribution in [3.05, 3.63) is 65.3 Å². The number of amides is 1. The van der Waals surface area contributed by atoms with Crippen LogP contribution in [-0.4, -0.2) is 17.4 Å². The van der Waals surface area contributed by atoms with Gasteiger partial charge < -0.3 is 10.6 Å². The number of benzene rings is 2. The van der Waals surface area contributed by atoms with E-state index in [4.69, 9.17) is 11.6 Å². The van der Waals surface area contributed by atoms with Crippen LogP contribution in [0.1, 0.15) is 12.0 Å². The van der Waals surface area contributed by atoms with Gasteiger partial charge in [0.25, 0.3) is 0 Å². The number of fused-ring (bicyclic) bond motifs is 1. The maximum Gasteiger partial charge on any atom is 0.417 e. The minimum atomic E-state index is -4.53. The molecule has 27 heavy (non-hydrogen) atoms. The van der Waals surface area contributed by atoms with Gasteiger partial charge in [-0.05, 0) is 30.3 Å². The second kappa shape index (κ2) is 7.84. The summed E-state index contributed by atoms with van der Waals surface area (Å²) in [6.07, 6.45) is -2.82. The van der Waals surface area contributed by atoms with Gasteiger partial charge in [0.1, 0.15) is 0 Å². The molecule has 1 aromatic heterocycles. The number of alkyl halides is 3. The second-order valence-corrected chi connectivity index (χ2v) is 6.21. The molecule has 2 aromatic carbocycles. The Kier molecular flexibility index (Phi) is 5.51. The molecule has 0 aliphatic heterocycles. The molecule has 0 unspecified atom stereocenters. The van der Waals surface area contributed by atoms with Gasteiger partial charge >= 0.3 is 6.18 Å². The van der Waals surface area contributed by atoms with Crippen LogP contribution in [0.4, 0.5) is 24.5 Å². The summed E-state index contributed by atoms with van der Waals surface area (Å²) < 4.78 is 38.6. The Morgan fingerprint density at radius 1 is 1.11 bits per heavy atom. The van der Waals surface area contributed by atoms with Gasteiger partial charge in [0.15, 0.2) is 0 Å². The molecule has 0 saturated heterocycles. The molecule has 0 spiro atoms. The number of aromatic nitrogens is 1. The van der Waals surface area contributed by atoms with Gasteiger partial charge in [-0.3, -0.25) is 9.78 Å². The maximum atomic E-state index is 12.9. The summed E-state index contributed by atoms with van der Waals surface area (Å²) in [7, 11) is 0. The van der Waals surface area contributed by atoms with Crippen LogP contribution in [0.5, 0.6) is 0 Å². The zero-order valence-electron chi connectivity index (χ0n) is 14.0. The number of rotatable bonds is 5. The van der Waals surface area contributed by atoms with Crippen LogP contribution in [0.15, 0.2) is 54.7 Å². The number of para-hydroxylation sites is 1. The lowest BCUT2D eigenvalue weighted by atomic mass is 10.2. The third-order valence-electron chi connectivity index (χ3n) is 3.86. The number of carbonyl (C=O) groups excluding carboxylic acids is 1. The van der Waals surface area contributed by atoms with E-state index in [2.05, 4.69) is 15.6 Å². The van der Waals surface area contributed by atoms with E-state index in [-0.39, 0.29) is 29.6 Å². The Bertz CT molecular complexity index is 971. The number of hydrogen-bond donors (Lipinski definition) is 2. The Morgan fingerprint density at radius 2 is 1.89 bits per heavy atom. The molecule has 3 rings (SSSR count). The summed E-state index contributed by atoms with van der Waals surface area (Å²) in [6, 6.07) is 12.7. The van der Waals surface area contributed by atoms with Crippen molar-refractivity contribution in [2.75, 3.05) is 17.2 Å². The number of hydrogen-bond acceptors (Lipinski definition) is 3. The molecule has 1 amide bonds. The monoisotopic (exact) mass is 393 g/mol. The highest BCUT2D eigenvalue weighted by Crippen LogP contribution is 2.36. The minimum Gasteiger partial charge on any atom is -0.385 e. The van der Waals surface area contributed by atoms with Crippen molar-refractivity contribution < 1.29 is 18.0 Å². The zero-order chi connectivity index (χ0) is 19.4. The van der Waals surface area contributed by atoms with E-state index in [0.717, 1.165) is 11.5 Å². The summed E-state index contributed by atoms with van der Waals surface area (Å²) in [4.78, 5) is 16.4. The third-order valence-corrected chi connectivity index (χ3v) is 4.19. The highest BCUT2D eigenvalue weighted by Gasteiger charge is 2.33. The summed E-state index contributed by atoms with van der Waals surface area (Å²) in [5.41, 5.74) is 0.588. The van der Waals surface area contributed by atoms with E-state index in [1.165, 1.54) is 12.1 Å². The van der Waals surface area contributed by atoms with E-state index < -0.39 is 11.7 Å². The van der Waals surface area contributed by atoms with Crippen molar-refractivity contribution in [3.63, 3.8) is 0 Å². The lowest BCUT2D eigenvalue weighted by molar-refractivity contribution is -0.137. The largest absolute Gasteiger partial charge is 0.417 e. The number of carbonyl (C=O) groups is 1. The fourth-order valence-corrected chi connectivity index (χ4v) is 2.82. The molecular weight excluding hydrogens is 379 g/mol. The van der Waals surface area contributed by atoms with Crippen molar-refractivity contribution >= 4 is 39.8 Å². The Balaban J connectivity index is 1.60. The smallest absolute Gasteiger partial charge is 0.385 e. The fourth-order valence-electron chi connectivity index (χ4n) is 2.59. The van der Waals surface area contributed by atoms with Gasteiger partial charge in [-0.25, -0.2) is 0 Å². The average molecular weight is 394 g/mol. The van der Waals surface area contributed by atoms with Crippen LogP contribution in [0.3, 0.4) is 0 Å². The topological polar surface area (TPSA) is 54.0 Å². The Hall–Kier alpha value is -2.80. The van der Waals surface area contributed by atoms with Gasteiger partial charge in [-0.2, -0.15) is 13.2 Å². The van der Waals surface area contributed by atoms with Gasteiger partial charge in [-0.15, -0.1) is 0 Å². The molecule has 2 N–H and O–H groups in total. The molecule has 0 saturated carbocycles. The van der Waals surface area contributed by atoms with Gasteiger partial charge in [0.2, 0.25) is 5.91 Å². The highest BCUT2D eigenvalue weighted by molar-refractivity contribution is 6.31. The van der Waals surface area contributed by atoms with Crippen LogP contribution in [0.25, 0.3) is 10.9 Å². The fraction of sp³-hybridized carbons (Fsp3) is 0.158. The predicted octanol–water partition coefficient (Wildman–Crippen LogP) is 5.35. The molecule has 0 aliphatic rings. The van der Waals surface area contributed by atoms with Crippen LogP contribution in [0, 0.1) is 0 Å². The Morgan fingerprint density at radius 3 is 2.67 bits per heavy atom. The standard InChI is InChI=1S/C19H15ClF3N3O/c20-15-7-6-13(11-14(15)19(21,22)23)24-10-8-17(27)26-16-5-1-3-12-4-2-9-25-18(12)16/h1-7,9,11,24H,8,10H2,(H,26,27). The van der Waals surface area contributed by atoms with Gasteiger partial charge in [0, 0.05) is 30.2 Å². The first-order valence-electron chi connectivity index (χ1n) is 8.09. The molecule has 4 nitrogen and oxygen atoms in total. The number of anilines is 2. The first-order chi connectivity index (χ1) is 12.8. The van der Waals surface area contributed by atoms with E-state index in [1.54, 1.807) is 18.3 Å². The van der Waals surface area contributed by atoms with Crippen LogP contribution in [-0.2, 0) is 11.0 Å². The Labute approximate surface area is 158 Å².